The monoisotopic (exact) mass is 295 g/mol. The molecule has 118 valence electrons. The van der Waals surface area contributed by atoms with E-state index in [9.17, 15) is 4.79 Å². The van der Waals surface area contributed by atoms with Gasteiger partial charge in [0.2, 0.25) is 0 Å². The standard InChI is InChI=1S/C15H25N3O3/c1-14(2,3)20-13(19)18-9-15(4,5)7-6-10(18)11-8-12(16)17-21-11/h8,10H,6-7,9H2,1-5H3,(H2,16,17). The van der Waals surface area contributed by atoms with Crippen LogP contribution < -0.4 is 5.73 Å². The molecule has 1 unspecified atom stereocenters. The Morgan fingerprint density at radius 3 is 2.71 bits per heavy atom. The number of nitrogens with zero attached hydrogens (tertiary/aromatic N) is 2. The molecule has 0 radical (unpaired) electrons. The van der Waals surface area contributed by atoms with Crippen LogP contribution in [0.15, 0.2) is 10.6 Å². The second-order valence-corrected chi connectivity index (χ2v) is 7.48. The summed E-state index contributed by atoms with van der Waals surface area (Å²) in [5, 5.41) is 3.72. The van der Waals surface area contributed by atoms with Crippen LogP contribution in [0.4, 0.5) is 10.6 Å². The van der Waals surface area contributed by atoms with Gasteiger partial charge in [0.15, 0.2) is 11.6 Å². The molecule has 2 heterocycles. The summed E-state index contributed by atoms with van der Waals surface area (Å²) in [6.45, 7) is 10.5. The predicted octanol–water partition coefficient (Wildman–Crippen LogP) is 3.36. The molecule has 21 heavy (non-hydrogen) atoms. The first kappa shape index (κ1) is 15.7. The number of aromatic nitrogens is 1. The van der Waals surface area contributed by atoms with Gasteiger partial charge >= 0.3 is 6.09 Å². The Morgan fingerprint density at radius 2 is 2.19 bits per heavy atom. The van der Waals surface area contributed by atoms with E-state index in [2.05, 4.69) is 19.0 Å². The summed E-state index contributed by atoms with van der Waals surface area (Å²) < 4.78 is 10.8. The lowest BCUT2D eigenvalue weighted by atomic mass is 9.81. The molecule has 6 heteroatoms. The van der Waals surface area contributed by atoms with Crippen molar-refractivity contribution >= 4 is 11.9 Å². The van der Waals surface area contributed by atoms with Crippen molar-refractivity contribution in [2.45, 2.75) is 59.1 Å². The number of nitrogen functional groups attached to an aromatic ring is 1. The summed E-state index contributed by atoms with van der Waals surface area (Å²) in [7, 11) is 0. The number of hydrogen-bond acceptors (Lipinski definition) is 5. The molecule has 0 saturated carbocycles. The van der Waals surface area contributed by atoms with E-state index in [0.29, 0.717) is 18.1 Å². The van der Waals surface area contributed by atoms with Crippen molar-refractivity contribution in [3.63, 3.8) is 0 Å². The van der Waals surface area contributed by atoms with Crippen molar-refractivity contribution in [1.29, 1.82) is 0 Å². The molecule has 0 aliphatic carbocycles. The lowest BCUT2D eigenvalue weighted by molar-refractivity contribution is -0.0123. The number of ether oxygens (including phenoxy) is 1. The quantitative estimate of drug-likeness (QED) is 0.859. The van der Waals surface area contributed by atoms with Gasteiger partial charge in [-0.2, -0.15) is 0 Å². The van der Waals surface area contributed by atoms with E-state index < -0.39 is 5.60 Å². The number of likely N-dealkylation sites (tertiary alicyclic amines) is 1. The molecule has 2 N–H and O–H groups in total. The molecule has 1 saturated heterocycles. The minimum atomic E-state index is -0.524. The zero-order valence-corrected chi connectivity index (χ0v) is 13.5. The first-order valence-electron chi connectivity index (χ1n) is 7.29. The highest BCUT2D eigenvalue weighted by Gasteiger charge is 2.40. The van der Waals surface area contributed by atoms with Crippen LogP contribution in [0.5, 0.6) is 0 Å². The third kappa shape index (κ3) is 3.89. The zero-order chi connectivity index (χ0) is 15.8. The summed E-state index contributed by atoms with van der Waals surface area (Å²) in [6, 6.07) is 1.51. The molecular formula is C15H25N3O3. The molecule has 1 aliphatic rings. The van der Waals surface area contributed by atoms with E-state index in [1.54, 1.807) is 11.0 Å². The maximum Gasteiger partial charge on any atom is 0.410 e. The van der Waals surface area contributed by atoms with Crippen LogP contribution >= 0.6 is 0 Å². The van der Waals surface area contributed by atoms with Gasteiger partial charge in [-0.25, -0.2) is 4.79 Å². The van der Waals surface area contributed by atoms with E-state index in [4.69, 9.17) is 15.0 Å². The zero-order valence-electron chi connectivity index (χ0n) is 13.5. The number of hydrogen-bond donors (Lipinski definition) is 1. The van der Waals surface area contributed by atoms with Crippen LogP contribution in [-0.2, 0) is 4.74 Å². The highest BCUT2D eigenvalue weighted by atomic mass is 16.6. The third-order valence-electron chi connectivity index (χ3n) is 3.57. The molecule has 1 fully saturated rings. The van der Waals surface area contributed by atoms with E-state index >= 15 is 0 Å². The van der Waals surface area contributed by atoms with Crippen LogP contribution in [0.2, 0.25) is 0 Å². The van der Waals surface area contributed by atoms with Gasteiger partial charge in [-0.05, 0) is 39.0 Å². The van der Waals surface area contributed by atoms with Crippen molar-refractivity contribution in [3.05, 3.63) is 11.8 Å². The summed E-state index contributed by atoms with van der Waals surface area (Å²) in [5.41, 5.74) is 5.15. The van der Waals surface area contributed by atoms with Crippen LogP contribution in [-0.4, -0.2) is 28.3 Å². The Labute approximate surface area is 125 Å². The number of piperidine rings is 1. The summed E-state index contributed by atoms with van der Waals surface area (Å²) in [5.74, 6) is 0.952. The first-order valence-corrected chi connectivity index (χ1v) is 7.29. The lowest BCUT2D eigenvalue weighted by Crippen LogP contribution is -2.47. The Bertz CT molecular complexity index is 516. The van der Waals surface area contributed by atoms with Crippen molar-refractivity contribution in [3.8, 4) is 0 Å². The Morgan fingerprint density at radius 1 is 1.52 bits per heavy atom. The number of nitrogens with two attached hydrogens (primary N) is 1. The lowest BCUT2D eigenvalue weighted by Gasteiger charge is -2.42. The molecule has 1 amide bonds. The second kappa shape index (κ2) is 5.24. The molecule has 1 aromatic heterocycles. The maximum atomic E-state index is 12.5. The number of rotatable bonds is 1. The third-order valence-corrected chi connectivity index (χ3v) is 3.57. The average molecular weight is 295 g/mol. The minimum absolute atomic E-state index is 0.0545. The molecule has 1 aliphatic heterocycles. The molecule has 6 nitrogen and oxygen atoms in total. The highest BCUT2D eigenvalue weighted by molar-refractivity contribution is 5.69. The van der Waals surface area contributed by atoms with Crippen LogP contribution in [0.3, 0.4) is 0 Å². The minimum Gasteiger partial charge on any atom is -0.444 e. The highest BCUT2D eigenvalue weighted by Crippen LogP contribution is 2.40. The van der Waals surface area contributed by atoms with Gasteiger partial charge in [-0.1, -0.05) is 19.0 Å². The Balaban J connectivity index is 2.23. The van der Waals surface area contributed by atoms with Crippen molar-refractivity contribution < 1.29 is 14.1 Å². The van der Waals surface area contributed by atoms with Crippen molar-refractivity contribution in [2.24, 2.45) is 5.41 Å². The molecule has 0 bridgehead atoms. The molecule has 0 aromatic carbocycles. The smallest absolute Gasteiger partial charge is 0.410 e. The summed E-state index contributed by atoms with van der Waals surface area (Å²) in [4.78, 5) is 14.2. The normalized spacial score (nSPS) is 22.1. The van der Waals surface area contributed by atoms with Crippen molar-refractivity contribution in [1.82, 2.24) is 10.1 Å². The molecule has 1 atom stereocenters. The van der Waals surface area contributed by atoms with Gasteiger partial charge in [0.25, 0.3) is 0 Å². The number of carbonyl (C=O) groups is 1. The Hall–Kier alpha value is -1.72. The number of anilines is 1. The van der Waals surface area contributed by atoms with E-state index in [-0.39, 0.29) is 17.6 Å². The number of amides is 1. The van der Waals surface area contributed by atoms with E-state index in [0.717, 1.165) is 12.8 Å². The molecule has 1 aromatic rings. The van der Waals surface area contributed by atoms with Gasteiger partial charge < -0.3 is 15.0 Å². The van der Waals surface area contributed by atoms with Crippen molar-refractivity contribution in [2.75, 3.05) is 12.3 Å². The number of carbonyl (C=O) groups excluding carboxylic acids is 1. The van der Waals surface area contributed by atoms with Crippen LogP contribution in [0.25, 0.3) is 0 Å². The van der Waals surface area contributed by atoms with E-state index in [1.165, 1.54) is 0 Å². The SMILES string of the molecule is CC1(C)CCC(c2cc(N)no2)N(C(=O)OC(C)(C)C)C1. The second-order valence-electron chi connectivity index (χ2n) is 7.48. The van der Waals surface area contributed by atoms with Gasteiger partial charge in [-0.3, -0.25) is 4.90 Å². The van der Waals surface area contributed by atoms with Gasteiger partial charge in [-0.15, -0.1) is 0 Å². The van der Waals surface area contributed by atoms with Gasteiger partial charge in [0.1, 0.15) is 5.60 Å². The topological polar surface area (TPSA) is 81.6 Å². The Kier molecular flexibility index (Phi) is 3.91. The fourth-order valence-electron chi connectivity index (χ4n) is 2.60. The molecule has 2 rings (SSSR count). The molecule has 0 spiro atoms. The fraction of sp³-hybridized carbons (Fsp3) is 0.733. The summed E-state index contributed by atoms with van der Waals surface area (Å²) >= 11 is 0. The van der Waals surface area contributed by atoms with Crippen LogP contribution in [0.1, 0.15) is 59.3 Å². The fourth-order valence-corrected chi connectivity index (χ4v) is 2.60. The molecular weight excluding hydrogens is 270 g/mol. The van der Waals surface area contributed by atoms with E-state index in [1.807, 2.05) is 20.8 Å². The maximum absolute atomic E-state index is 12.5. The van der Waals surface area contributed by atoms with Crippen LogP contribution in [0, 0.1) is 5.41 Å². The van der Waals surface area contributed by atoms with Gasteiger partial charge in [0, 0.05) is 12.6 Å². The van der Waals surface area contributed by atoms with Gasteiger partial charge in [0.05, 0.1) is 6.04 Å². The summed E-state index contributed by atoms with van der Waals surface area (Å²) in [6.07, 6.45) is 1.48. The average Bonchev–Trinajstić information content (AvgIpc) is 2.72. The first-order chi connectivity index (χ1) is 9.57. The predicted molar refractivity (Wildman–Crippen MR) is 79.6 cm³/mol. The largest absolute Gasteiger partial charge is 0.444 e.